The lowest BCUT2D eigenvalue weighted by Gasteiger charge is -2.33. The highest BCUT2D eigenvalue weighted by Gasteiger charge is 2.22. The molecule has 0 aromatic carbocycles. The van der Waals surface area contributed by atoms with Gasteiger partial charge in [0, 0.05) is 26.2 Å². The Labute approximate surface area is 96.0 Å². The number of amides is 2. The minimum atomic E-state index is 0.215. The smallest absolute Gasteiger partial charge is 0.236 e. The molecule has 0 aliphatic carbocycles. The molecule has 2 heterocycles. The quantitative estimate of drug-likeness (QED) is 0.601. The summed E-state index contributed by atoms with van der Waals surface area (Å²) in [5, 5.41) is 0. The highest BCUT2D eigenvalue weighted by atomic mass is 16.2. The van der Waals surface area contributed by atoms with Crippen LogP contribution in [0.5, 0.6) is 0 Å². The summed E-state index contributed by atoms with van der Waals surface area (Å²) < 4.78 is 0. The summed E-state index contributed by atoms with van der Waals surface area (Å²) in [5.41, 5.74) is 0. The molecule has 2 saturated heterocycles. The zero-order valence-electron chi connectivity index (χ0n) is 9.60. The maximum absolute atomic E-state index is 11.9. The monoisotopic (exact) mass is 225 g/mol. The third-order valence-corrected chi connectivity index (χ3v) is 3.37. The summed E-state index contributed by atoms with van der Waals surface area (Å²) in [5.74, 6) is 0.215. The first kappa shape index (κ1) is 11.4. The predicted octanol–water partition coefficient (Wildman–Crippen LogP) is -0.617. The van der Waals surface area contributed by atoms with Gasteiger partial charge in [0.25, 0.3) is 0 Å². The van der Waals surface area contributed by atoms with Crippen molar-refractivity contribution in [2.24, 2.45) is 0 Å². The van der Waals surface area contributed by atoms with Crippen molar-refractivity contribution in [3.05, 3.63) is 0 Å². The molecule has 5 nitrogen and oxygen atoms in total. The first-order valence-electron chi connectivity index (χ1n) is 5.99. The van der Waals surface area contributed by atoms with E-state index in [2.05, 4.69) is 4.90 Å². The van der Waals surface area contributed by atoms with Crippen molar-refractivity contribution in [2.75, 3.05) is 45.8 Å². The van der Waals surface area contributed by atoms with E-state index in [1.807, 2.05) is 4.90 Å². The van der Waals surface area contributed by atoms with Gasteiger partial charge >= 0.3 is 0 Å². The third-order valence-electron chi connectivity index (χ3n) is 3.37. The second-order valence-corrected chi connectivity index (χ2v) is 4.51. The number of carbonyl (C=O) groups is 2. The van der Waals surface area contributed by atoms with Crippen LogP contribution in [0.25, 0.3) is 0 Å². The molecule has 2 amide bonds. The molecule has 0 radical (unpaired) electrons. The van der Waals surface area contributed by atoms with Gasteiger partial charge in [0.05, 0.1) is 6.54 Å². The molecule has 2 aliphatic rings. The van der Waals surface area contributed by atoms with Gasteiger partial charge in [-0.1, -0.05) is 0 Å². The van der Waals surface area contributed by atoms with Gasteiger partial charge < -0.3 is 9.80 Å². The van der Waals surface area contributed by atoms with Crippen LogP contribution >= 0.6 is 0 Å². The van der Waals surface area contributed by atoms with Crippen LogP contribution in [0.4, 0.5) is 0 Å². The number of piperazine rings is 1. The summed E-state index contributed by atoms with van der Waals surface area (Å²) in [6.45, 7) is 5.39. The van der Waals surface area contributed by atoms with Gasteiger partial charge in [-0.3, -0.25) is 14.5 Å². The molecule has 0 saturated carbocycles. The van der Waals surface area contributed by atoms with E-state index in [4.69, 9.17) is 0 Å². The summed E-state index contributed by atoms with van der Waals surface area (Å²) >= 11 is 0. The van der Waals surface area contributed by atoms with Crippen LogP contribution in [-0.2, 0) is 9.59 Å². The Bertz CT molecular complexity index is 256. The maximum Gasteiger partial charge on any atom is 0.236 e. The Balaban J connectivity index is 1.75. The van der Waals surface area contributed by atoms with Crippen molar-refractivity contribution in [1.29, 1.82) is 0 Å². The van der Waals surface area contributed by atoms with Crippen LogP contribution in [0.15, 0.2) is 0 Å². The van der Waals surface area contributed by atoms with Crippen LogP contribution in [0.1, 0.15) is 12.8 Å². The second kappa shape index (κ2) is 5.30. The molecule has 90 valence electrons. The van der Waals surface area contributed by atoms with Crippen LogP contribution in [0, 0.1) is 0 Å². The van der Waals surface area contributed by atoms with Gasteiger partial charge in [0.1, 0.15) is 0 Å². The SMILES string of the molecule is O=CN1CCN(C(=O)CN2CCCC2)CC1. The van der Waals surface area contributed by atoms with E-state index >= 15 is 0 Å². The van der Waals surface area contributed by atoms with Crippen molar-refractivity contribution in [3.63, 3.8) is 0 Å². The van der Waals surface area contributed by atoms with Crippen LogP contribution in [0.3, 0.4) is 0 Å². The molecule has 0 N–H and O–H groups in total. The van der Waals surface area contributed by atoms with E-state index < -0.39 is 0 Å². The summed E-state index contributed by atoms with van der Waals surface area (Å²) in [7, 11) is 0. The van der Waals surface area contributed by atoms with Gasteiger partial charge in [-0.2, -0.15) is 0 Å². The molecule has 16 heavy (non-hydrogen) atoms. The molecule has 2 fully saturated rings. The molecule has 2 rings (SSSR count). The topological polar surface area (TPSA) is 43.9 Å². The molecule has 0 aromatic heterocycles. The number of nitrogens with zero attached hydrogens (tertiary/aromatic N) is 3. The number of likely N-dealkylation sites (tertiary alicyclic amines) is 1. The maximum atomic E-state index is 11.9. The lowest BCUT2D eigenvalue weighted by Crippen LogP contribution is -2.50. The fourth-order valence-corrected chi connectivity index (χ4v) is 2.31. The van der Waals surface area contributed by atoms with Crippen molar-refractivity contribution in [3.8, 4) is 0 Å². The standard InChI is InChI=1S/C11H19N3O2/c15-10-13-5-7-14(8-6-13)11(16)9-12-3-1-2-4-12/h10H,1-9H2. The second-order valence-electron chi connectivity index (χ2n) is 4.51. The Morgan fingerprint density at radius 2 is 1.62 bits per heavy atom. The highest BCUT2D eigenvalue weighted by molar-refractivity contribution is 5.78. The highest BCUT2D eigenvalue weighted by Crippen LogP contribution is 2.08. The molecule has 0 unspecified atom stereocenters. The molecule has 0 bridgehead atoms. The average molecular weight is 225 g/mol. The van der Waals surface area contributed by atoms with E-state index in [0.717, 1.165) is 19.5 Å². The minimum absolute atomic E-state index is 0.215. The minimum Gasteiger partial charge on any atom is -0.342 e. The number of carbonyl (C=O) groups excluding carboxylic acids is 2. The van der Waals surface area contributed by atoms with Crippen molar-refractivity contribution < 1.29 is 9.59 Å². The lowest BCUT2D eigenvalue weighted by atomic mass is 10.3. The normalized spacial score (nSPS) is 22.5. The Morgan fingerprint density at radius 3 is 2.19 bits per heavy atom. The number of rotatable bonds is 3. The van der Waals surface area contributed by atoms with Gasteiger partial charge in [-0.05, 0) is 25.9 Å². The van der Waals surface area contributed by atoms with Crippen LogP contribution in [-0.4, -0.2) is 72.8 Å². The average Bonchev–Trinajstić information content (AvgIpc) is 2.82. The summed E-state index contributed by atoms with van der Waals surface area (Å²) in [6.07, 6.45) is 3.29. The number of hydrogen-bond acceptors (Lipinski definition) is 3. The van der Waals surface area contributed by atoms with E-state index in [1.54, 1.807) is 4.90 Å². The largest absolute Gasteiger partial charge is 0.342 e. The Kier molecular flexibility index (Phi) is 3.77. The zero-order chi connectivity index (χ0) is 11.4. The Morgan fingerprint density at radius 1 is 1.00 bits per heavy atom. The lowest BCUT2D eigenvalue weighted by molar-refractivity contribution is -0.136. The molecule has 0 atom stereocenters. The van der Waals surface area contributed by atoms with E-state index in [0.29, 0.717) is 32.7 Å². The van der Waals surface area contributed by atoms with Gasteiger partial charge in [-0.25, -0.2) is 0 Å². The van der Waals surface area contributed by atoms with E-state index in [1.165, 1.54) is 12.8 Å². The summed E-state index contributed by atoms with van der Waals surface area (Å²) in [4.78, 5) is 28.3. The molecule has 0 aromatic rings. The van der Waals surface area contributed by atoms with Crippen molar-refractivity contribution in [1.82, 2.24) is 14.7 Å². The first-order chi connectivity index (χ1) is 7.79. The predicted molar refractivity (Wildman–Crippen MR) is 59.9 cm³/mol. The molecule has 0 spiro atoms. The first-order valence-corrected chi connectivity index (χ1v) is 5.99. The zero-order valence-corrected chi connectivity index (χ0v) is 9.60. The van der Waals surface area contributed by atoms with Crippen molar-refractivity contribution in [2.45, 2.75) is 12.8 Å². The van der Waals surface area contributed by atoms with Gasteiger partial charge in [-0.15, -0.1) is 0 Å². The summed E-state index contributed by atoms with van der Waals surface area (Å²) in [6, 6.07) is 0. The fraction of sp³-hybridized carbons (Fsp3) is 0.818. The van der Waals surface area contributed by atoms with E-state index in [9.17, 15) is 9.59 Å². The van der Waals surface area contributed by atoms with Crippen LogP contribution in [0.2, 0.25) is 0 Å². The van der Waals surface area contributed by atoms with Crippen molar-refractivity contribution >= 4 is 12.3 Å². The Hall–Kier alpha value is -1.10. The number of hydrogen-bond donors (Lipinski definition) is 0. The third kappa shape index (κ3) is 2.72. The fourth-order valence-electron chi connectivity index (χ4n) is 2.31. The van der Waals surface area contributed by atoms with Gasteiger partial charge in [0.15, 0.2) is 0 Å². The molecule has 5 heteroatoms. The molecule has 2 aliphatic heterocycles. The van der Waals surface area contributed by atoms with Gasteiger partial charge in [0.2, 0.25) is 12.3 Å². The van der Waals surface area contributed by atoms with E-state index in [-0.39, 0.29) is 5.91 Å². The van der Waals surface area contributed by atoms with Crippen LogP contribution < -0.4 is 0 Å². The molecular weight excluding hydrogens is 206 g/mol. The molecular formula is C11H19N3O2.